The summed E-state index contributed by atoms with van der Waals surface area (Å²) in [7, 11) is 0. The first-order valence-electron chi connectivity index (χ1n) is 5.67. The van der Waals surface area contributed by atoms with Crippen molar-refractivity contribution >= 4 is 0 Å². The zero-order chi connectivity index (χ0) is 12.1. The Labute approximate surface area is 100 Å². The lowest BCUT2D eigenvalue weighted by atomic mass is 9.92. The number of nitrogens with two attached hydrogens (primary N) is 1. The standard InChI is InChI=1S/C14H15FN2/c15-12-6-4-11(5-7-12)13(8-9-16)14-3-1-2-10-17-14/h1-7,10,13H,8-9,16H2/t13-/m1/s1. The highest BCUT2D eigenvalue weighted by molar-refractivity contribution is 5.28. The van der Waals surface area contributed by atoms with Gasteiger partial charge in [0.1, 0.15) is 5.82 Å². The summed E-state index contributed by atoms with van der Waals surface area (Å²) in [6, 6.07) is 12.4. The average Bonchev–Trinajstić information content (AvgIpc) is 2.38. The fourth-order valence-corrected chi connectivity index (χ4v) is 1.93. The van der Waals surface area contributed by atoms with E-state index < -0.39 is 0 Å². The van der Waals surface area contributed by atoms with Crippen LogP contribution in [0.1, 0.15) is 23.6 Å². The third-order valence-corrected chi connectivity index (χ3v) is 2.77. The molecule has 2 aromatic rings. The van der Waals surface area contributed by atoms with Crippen LogP contribution in [0.4, 0.5) is 4.39 Å². The third-order valence-electron chi connectivity index (χ3n) is 2.77. The summed E-state index contributed by atoms with van der Waals surface area (Å²) in [6.07, 6.45) is 2.57. The summed E-state index contributed by atoms with van der Waals surface area (Å²) in [5, 5.41) is 0. The smallest absolute Gasteiger partial charge is 0.123 e. The van der Waals surface area contributed by atoms with Gasteiger partial charge in [0.2, 0.25) is 0 Å². The first-order valence-corrected chi connectivity index (χ1v) is 5.67. The molecule has 0 unspecified atom stereocenters. The van der Waals surface area contributed by atoms with Crippen LogP contribution >= 0.6 is 0 Å². The van der Waals surface area contributed by atoms with E-state index in [0.717, 1.165) is 17.7 Å². The maximum absolute atomic E-state index is 12.9. The average molecular weight is 230 g/mol. The van der Waals surface area contributed by atoms with Gasteiger partial charge in [-0.05, 0) is 42.8 Å². The van der Waals surface area contributed by atoms with Crippen LogP contribution in [0.5, 0.6) is 0 Å². The predicted octanol–water partition coefficient (Wildman–Crippen LogP) is 2.70. The molecule has 0 amide bonds. The highest BCUT2D eigenvalue weighted by Gasteiger charge is 2.14. The topological polar surface area (TPSA) is 38.9 Å². The largest absolute Gasteiger partial charge is 0.330 e. The van der Waals surface area contributed by atoms with Gasteiger partial charge in [-0.1, -0.05) is 18.2 Å². The minimum absolute atomic E-state index is 0.141. The van der Waals surface area contributed by atoms with Gasteiger partial charge in [-0.15, -0.1) is 0 Å². The van der Waals surface area contributed by atoms with Crippen LogP contribution in [0.25, 0.3) is 0 Å². The van der Waals surface area contributed by atoms with Crippen LogP contribution in [0, 0.1) is 5.82 Å². The van der Waals surface area contributed by atoms with Crippen molar-refractivity contribution < 1.29 is 4.39 Å². The van der Waals surface area contributed by atoms with E-state index in [1.54, 1.807) is 18.3 Å². The first kappa shape index (κ1) is 11.7. The molecule has 0 saturated heterocycles. The molecule has 0 fully saturated rings. The van der Waals surface area contributed by atoms with Gasteiger partial charge >= 0.3 is 0 Å². The van der Waals surface area contributed by atoms with Crippen LogP contribution in [0.2, 0.25) is 0 Å². The predicted molar refractivity (Wildman–Crippen MR) is 66.2 cm³/mol. The number of hydrogen-bond donors (Lipinski definition) is 1. The van der Waals surface area contributed by atoms with Gasteiger partial charge in [0, 0.05) is 17.8 Å². The quantitative estimate of drug-likeness (QED) is 0.877. The Balaban J connectivity index is 2.32. The van der Waals surface area contributed by atoms with Crippen molar-refractivity contribution in [2.45, 2.75) is 12.3 Å². The summed E-state index contributed by atoms with van der Waals surface area (Å²) in [5.74, 6) is -0.0805. The molecule has 1 atom stereocenters. The fraction of sp³-hybridized carbons (Fsp3) is 0.214. The molecule has 2 N–H and O–H groups in total. The van der Waals surface area contributed by atoms with Crippen molar-refractivity contribution in [2.24, 2.45) is 5.73 Å². The highest BCUT2D eigenvalue weighted by Crippen LogP contribution is 2.25. The van der Waals surface area contributed by atoms with Crippen molar-refractivity contribution in [3.8, 4) is 0 Å². The Hall–Kier alpha value is -1.74. The molecule has 0 radical (unpaired) electrons. The molecule has 0 aliphatic carbocycles. The number of aromatic nitrogens is 1. The second kappa shape index (κ2) is 5.55. The number of pyridine rings is 1. The van der Waals surface area contributed by atoms with E-state index in [2.05, 4.69) is 4.98 Å². The van der Waals surface area contributed by atoms with Crippen molar-refractivity contribution in [1.29, 1.82) is 0 Å². The number of hydrogen-bond acceptors (Lipinski definition) is 2. The van der Waals surface area contributed by atoms with E-state index >= 15 is 0 Å². The summed E-state index contributed by atoms with van der Waals surface area (Å²) < 4.78 is 12.9. The van der Waals surface area contributed by atoms with Gasteiger partial charge in [0.05, 0.1) is 0 Å². The lowest BCUT2D eigenvalue weighted by molar-refractivity contribution is 0.624. The lowest BCUT2D eigenvalue weighted by Crippen LogP contribution is -2.10. The number of halogens is 1. The highest BCUT2D eigenvalue weighted by atomic mass is 19.1. The van der Waals surface area contributed by atoms with E-state index in [1.807, 2.05) is 18.2 Å². The molecule has 1 aromatic heterocycles. The fourth-order valence-electron chi connectivity index (χ4n) is 1.93. The summed E-state index contributed by atoms with van der Waals surface area (Å²) >= 11 is 0. The van der Waals surface area contributed by atoms with E-state index in [0.29, 0.717) is 6.54 Å². The molecular weight excluding hydrogens is 215 g/mol. The van der Waals surface area contributed by atoms with Gasteiger partial charge in [0.25, 0.3) is 0 Å². The van der Waals surface area contributed by atoms with Gasteiger partial charge in [-0.2, -0.15) is 0 Å². The normalized spacial score (nSPS) is 12.4. The van der Waals surface area contributed by atoms with Crippen LogP contribution in [-0.2, 0) is 0 Å². The van der Waals surface area contributed by atoms with Crippen molar-refractivity contribution in [3.63, 3.8) is 0 Å². The zero-order valence-electron chi connectivity index (χ0n) is 9.51. The Kier molecular flexibility index (Phi) is 3.83. The summed E-state index contributed by atoms with van der Waals surface area (Å²) in [5.41, 5.74) is 7.66. The summed E-state index contributed by atoms with van der Waals surface area (Å²) in [6.45, 7) is 0.582. The molecular formula is C14H15FN2. The van der Waals surface area contributed by atoms with Crippen molar-refractivity contribution in [3.05, 3.63) is 65.7 Å². The van der Waals surface area contributed by atoms with Crippen LogP contribution in [0.15, 0.2) is 48.7 Å². The number of benzene rings is 1. The number of rotatable bonds is 4. The molecule has 0 aliphatic heterocycles. The second-order valence-electron chi connectivity index (χ2n) is 3.94. The Morgan fingerprint density at radius 1 is 1.12 bits per heavy atom. The molecule has 2 nitrogen and oxygen atoms in total. The molecule has 1 heterocycles. The SMILES string of the molecule is NCC[C@H](c1ccc(F)cc1)c1ccccn1. The van der Waals surface area contributed by atoms with Gasteiger partial charge < -0.3 is 5.73 Å². The van der Waals surface area contributed by atoms with Gasteiger partial charge in [0.15, 0.2) is 0 Å². The third kappa shape index (κ3) is 2.88. The molecule has 1 aromatic carbocycles. The van der Waals surface area contributed by atoms with E-state index in [9.17, 15) is 4.39 Å². The van der Waals surface area contributed by atoms with Gasteiger partial charge in [-0.3, -0.25) is 4.98 Å². The molecule has 0 bridgehead atoms. The Morgan fingerprint density at radius 3 is 2.47 bits per heavy atom. The molecule has 88 valence electrons. The second-order valence-corrected chi connectivity index (χ2v) is 3.94. The molecule has 0 aliphatic rings. The molecule has 0 saturated carbocycles. The van der Waals surface area contributed by atoms with Crippen LogP contribution in [-0.4, -0.2) is 11.5 Å². The van der Waals surface area contributed by atoms with Crippen molar-refractivity contribution in [2.75, 3.05) is 6.54 Å². The molecule has 2 rings (SSSR count). The van der Waals surface area contributed by atoms with E-state index in [4.69, 9.17) is 5.73 Å². The van der Waals surface area contributed by atoms with E-state index in [-0.39, 0.29) is 11.7 Å². The molecule has 17 heavy (non-hydrogen) atoms. The van der Waals surface area contributed by atoms with Crippen LogP contribution < -0.4 is 5.73 Å². The molecule has 0 spiro atoms. The van der Waals surface area contributed by atoms with Crippen LogP contribution in [0.3, 0.4) is 0 Å². The molecule has 3 heteroatoms. The minimum atomic E-state index is -0.221. The minimum Gasteiger partial charge on any atom is -0.330 e. The maximum atomic E-state index is 12.9. The monoisotopic (exact) mass is 230 g/mol. The lowest BCUT2D eigenvalue weighted by Gasteiger charge is -2.15. The first-order chi connectivity index (χ1) is 8.31. The summed E-state index contributed by atoms with van der Waals surface area (Å²) in [4.78, 5) is 4.35. The Bertz CT molecular complexity index is 453. The van der Waals surface area contributed by atoms with E-state index in [1.165, 1.54) is 12.1 Å². The maximum Gasteiger partial charge on any atom is 0.123 e. The van der Waals surface area contributed by atoms with Gasteiger partial charge in [-0.25, -0.2) is 4.39 Å². The van der Waals surface area contributed by atoms with Crippen molar-refractivity contribution in [1.82, 2.24) is 4.98 Å². The zero-order valence-corrected chi connectivity index (χ0v) is 9.51. The number of nitrogens with zero attached hydrogens (tertiary/aromatic N) is 1. The Morgan fingerprint density at radius 2 is 1.88 bits per heavy atom.